The van der Waals surface area contributed by atoms with Gasteiger partial charge >= 0.3 is 11.9 Å². The largest absolute Gasteiger partial charge is 0.386 e. The Bertz CT molecular complexity index is 780. The highest BCUT2D eigenvalue weighted by Gasteiger charge is 2.23. The molecule has 108 valence electrons. The topological polar surface area (TPSA) is 97.7 Å². The van der Waals surface area contributed by atoms with Crippen LogP contribution in [0.25, 0.3) is 0 Å². The fourth-order valence-corrected chi connectivity index (χ4v) is 2.31. The Labute approximate surface area is 120 Å². The molecule has 0 unspecified atom stereocenters. The van der Waals surface area contributed by atoms with Crippen LogP contribution in [0.3, 0.4) is 0 Å². The molecule has 0 aromatic heterocycles. The van der Waals surface area contributed by atoms with Crippen molar-refractivity contribution in [3.8, 4) is 0 Å². The lowest BCUT2D eigenvalue weighted by Gasteiger charge is -2.06. The molecule has 0 aliphatic heterocycles. The average molecular weight is 306 g/mol. The maximum Gasteiger partial charge on any atom is 0.347 e. The van der Waals surface area contributed by atoms with E-state index in [4.69, 9.17) is 4.55 Å². The van der Waals surface area contributed by atoms with Gasteiger partial charge in [-0.05, 0) is 24.3 Å². The van der Waals surface area contributed by atoms with Gasteiger partial charge in [0.25, 0.3) is 10.1 Å². The van der Waals surface area contributed by atoms with Gasteiger partial charge in [0, 0.05) is 0 Å². The smallest absolute Gasteiger partial charge is 0.347 e. The number of hydrogen-bond donors (Lipinski definition) is 1. The van der Waals surface area contributed by atoms with E-state index in [1.54, 1.807) is 18.2 Å². The first-order chi connectivity index (χ1) is 9.89. The molecule has 0 aliphatic rings. The lowest BCUT2D eigenvalue weighted by Crippen LogP contribution is -2.16. The number of ether oxygens (including phenoxy) is 1. The minimum atomic E-state index is -4.59. The van der Waals surface area contributed by atoms with Crippen LogP contribution in [0.15, 0.2) is 59.5 Å². The van der Waals surface area contributed by atoms with Gasteiger partial charge in [0.15, 0.2) is 0 Å². The van der Waals surface area contributed by atoms with Gasteiger partial charge in [0.2, 0.25) is 0 Å². The summed E-state index contributed by atoms with van der Waals surface area (Å²) in [4.78, 5) is 23.0. The first-order valence-corrected chi connectivity index (χ1v) is 7.21. The van der Waals surface area contributed by atoms with Crippen molar-refractivity contribution in [1.82, 2.24) is 0 Å². The fourth-order valence-electron chi connectivity index (χ4n) is 1.63. The summed E-state index contributed by atoms with van der Waals surface area (Å²) in [6.45, 7) is 0. The van der Waals surface area contributed by atoms with E-state index in [1.165, 1.54) is 24.3 Å². The van der Waals surface area contributed by atoms with Gasteiger partial charge in [0.05, 0.1) is 11.1 Å². The molecule has 0 bridgehead atoms. The molecule has 1 N–H and O–H groups in total. The van der Waals surface area contributed by atoms with Crippen LogP contribution in [-0.4, -0.2) is 24.9 Å². The maximum absolute atomic E-state index is 11.9. The maximum atomic E-state index is 11.9. The summed E-state index contributed by atoms with van der Waals surface area (Å²) in [5, 5.41) is 0. The zero-order chi connectivity index (χ0) is 15.5. The Morgan fingerprint density at radius 1 is 0.857 bits per heavy atom. The number of carbonyl (C=O) groups is 2. The molecular formula is C14H10O6S. The summed E-state index contributed by atoms with van der Waals surface area (Å²) < 4.78 is 36.0. The van der Waals surface area contributed by atoms with Gasteiger partial charge in [0.1, 0.15) is 4.90 Å². The van der Waals surface area contributed by atoms with E-state index in [0.29, 0.717) is 0 Å². The molecule has 0 spiro atoms. The van der Waals surface area contributed by atoms with Crippen molar-refractivity contribution < 1.29 is 27.3 Å². The summed E-state index contributed by atoms with van der Waals surface area (Å²) >= 11 is 0. The molecule has 2 rings (SSSR count). The highest BCUT2D eigenvalue weighted by Crippen LogP contribution is 2.16. The lowest BCUT2D eigenvalue weighted by atomic mass is 10.2. The molecular weight excluding hydrogens is 296 g/mol. The van der Waals surface area contributed by atoms with Crippen LogP contribution < -0.4 is 0 Å². The Hall–Kier alpha value is -2.51. The first-order valence-electron chi connectivity index (χ1n) is 5.77. The number of carbonyl (C=O) groups excluding carboxylic acids is 2. The molecule has 2 aromatic carbocycles. The predicted molar refractivity (Wildman–Crippen MR) is 72.4 cm³/mol. The number of esters is 2. The highest BCUT2D eigenvalue weighted by atomic mass is 32.2. The minimum Gasteiger partial charge on any atom is -0.386 e. The molecule has 7 heteroatoms. The Morgan fingerprint density at radius 2 is 1.43 bits per heavy atom. The molecule has 0 saturated carbocycles. The Morgan fingerprint density at radius 3 is 2.05 bits per heavy atom. The zero-order valence-electron chi connectivity index (χ0n) is 10.6. The zero-order valence-corrected chi connectivity index (χ0v) is 11.4. The van der Waals surface area contributed by atoms with E-state index >= 15 is 0 Å². The second-order valence-corrected chi connectivity index (χ2v) is 5.40. The van der Waals surface area contributed by atoms with Gasteiger partial charge in [-0.2, -0.15) is 8.42 Å². The van der Waals surface area contributed by atoms with E-state index in [9.17, 15) is 18.0 Å². The van der Waals surface area contributed by atoms with Gasteiger partial charge < -0.3 is 4.74 Å². The van der Waals surface area contributed by atoms with Crippen molar-refractivity contribution in [2.45, 2.75) is 4.90 Å². The van der Waals surface area contributed by atoms with Gasteiger partial charge in [-0.25, -0.2) is 9.59 Å². The van der Waals surface area contributed by atoms with Crippen LogP contribution in [0, 0.1) is 0 Å². The van der Waals surface area contributed by atoms with Crippen molar-refractivity contribution in [2.24, 2.45) is 0 Å². The normalized spacial score (nSPS) is 10.9. The van der Waals surface area contributed by atoms with Crippen LogP contribution >= 0.6 is 0 Å². The first kappa shape index (κ1) is 14.9. The van der Waals surface area contributed by atoms with Crippen LogP contribution in [0.1, 0.15) is 20.7 Å². The van der Waals surface area contributed by atoms with Crippen molar-refractivity contribution in [1.29, 1.82) is 0 Å². The van der Waals surface area contributed by atoms with Gasteiger partial charge in [-0.3, -0.25) is 4.55 Å². The van der Waals surface area contributed by atoms with E-state index in [1.807, 2.05) is 0 Å². The fraction of sp³-hybridized carbons (Fsp3) is 0. The summed E-state index contributed by atoms with van der Waals surface area (Å²) in [6, 6.07) is 12.7. The highest BCUT2D eigenvalue weighted by molar-refractivity contribution is 7.86. The predicted octanol–water partition coefficient (Wildman–Crippen LogP) is 1.93. The SMILES string of the molecule is O=C(OC(=O)c1ccccc1S(=O)(=O)O)c1ccccc1. The molecule has 0 atom stereocenters. The molecule has 0 aliphatic carbocycles. The number of rotatable bonds is 3. The van der Waals surface area contributed by atoms with E-state index in [2.05, 4.69) is 4.74 Å². The minimum absolute atomic E-state index is 0.148. The van der Waals surface area contributed by atoms with Crippen molar-refractivity contribution in [2.75, 3.05) is 0 Å². The molecule has 6 nitrogen and oxygen atoms in total. The van der Waals surface area contributed by atoms with Crippen molar-refractivity contribution >= 4 is 22.1 Å². The number of benzene rings is 2. The Kier molecular flexibility index (Phi) is 4.15. The summed E-state index contributed by atoms with van der Waals surface area (Å²) in [5.74, 6) is -2.07. The van der Waals surface area contributed by atoms with Gasteiger partial charge in [-0.1, -0.05) is 30.3 Å². The Balaban J connectivity index is 2.28. The van der Waals surface area contributed by atoms with Crippen LogP contribution in [-0.2, 0) is 14.9 Å². The third-order valence-electron chi connectivity index (χ3n) is 2.58. The van der Waals surface area contributed by atoms with E-state index in [-0.39, 0.29) is 5.56 Å². The van der Waals surface area contributed by atoms with Crippen LogP contribution in [0.2, 0.25) is 0 Å². The quantitative estimate of drug-likeness (QED) is 0.528. The third-order valence-corrected chi connectivity index (χ3v) is 3.49. The number of hydrogen-bond acceptors (Lipinski definition) is 5. The van der Waals surface area contributed by atoms with E-state index < -0.39 is 32.5 Å². The lowest BCUT2D eigenvalue weighted by molar-refractivity contribution is 0.0394. The molecule has 0 fully saturated rings. The monoisotopic (exact) mass is 306 g/mol. The summed E-state index contributed by atoms with van der Waals surface area (Å²) in [7, 11) is -4.59. The van der Waals surface area contributed by atoms with Crippen LogP contribution in [0.4, 0.5) is 0 Å². The standard InChI is InChI=1S/C14H10O6S/c15-13(10-6-2-1-3-7-10)20-14(16)11-8-4-5-9-12(11)21(17,18)19/h1-9H,(H,17,18,19). The average Bonchev–Trinajstić information content (AvgIpc) is 2.47. The summed E-state index contributed by atoms with van der Waals surface area (Å²) in [6.07, 6.45) is 0. The van der Waals surface area contributed by atoms with E-state index in [0.717, 1.165) is 12.1 Å². The molecule has 21 heavy (non-hydrogen) atoms. The van der Waals surface area contributed by atoms with Crippen LogP contribution in [0.5, 0.6) is 0 Å². The molecule has 2 aromatic rings. The second-order valence-electron chi connectivity index (χ2n) is 4.01. The molecule has 0 radical (unpaired) electrons. The summed E-state index contributed by atoms with van der Waals surface area (Å²) in [5.41, 5.74) is -0.264. The molecule has 0 amide bonds. The van der Waals surface area contributed by atoms with Crippen molar-refractivity contribution in [3.05, 3.63) is 65.7 Å². The second kappa shape index (κ2) is 5.86. The van der Waals surface area contributed by atoms with Crippen molar-refractivity contribution in [3.63, 3.8) is 0 Å². The van der Waals surface area contributed by atoms with Gasteiger partial charge in [-0.15, -0.1) is 0 Å². The molecule has 0 saturated heterocycles. The molecule has 0 heterocycles. The third kappa shape index (κ3) is 3.53.